The second-order valence-electron chi connectivity index (χ2n) is 9.29. The summed E-state index contributed by atoms with van der Waals surface area (Å²) in [6, 6.07) is 19.4. The van der Waals surface area contributed by atoms with E-state index < -0.39 is 22.0 Å². The van der Waals surface area contributed by atoms with Crippen LogP contribution in [0.1, 0.15) is 44.2 Å². The van der Waals surface area contributed by atoms with Crippen LogP contribution in [0.25, 0.3) is 10.8 Å². The molecule has 1 atom stereocenters. The third-order valence-corrected chi connectivity index (χ3v) is 8.40. The number of hydrogen-bond donors (Lipinski definition) is 1. The maximum absolute atomic E-state index is 13.6. The molecule has 0 fully saturated rings. The quantitative estimate of drug-likeness (QED) is 0.354. The number of unbranched alkanes of at least 4 members (excludes halogenated alkanes) is 1. The Morgan fingerprint density at radius 2 is 1.62 bits per heavy atom. The number of rotatable bonds is 12. The van der Waals surface area contributed by atoms with E-state index in [-0.39, 0.29) is 23.9 Å². The molecule has 0 aliphatic heterocycles. The van der Waals surface area contributed by atoms with Crippen molar-refractivity contribution >= 4 is 32.6 Å². The second-order valence-corrected chi connectivity index (χ2v) is 11.3. The van der Waals surface area contributed by atoms with Crippen LogP contribution in [-0.4, -0.2) is 55.6 Å². The number of fused-ring (bicyclic) bond motifs is 1. The first-order valence-electron chi connectivity index (χ1n) is 12.8. The molecule has 0 saturated carbocycles. The lowest BCUT2D eigenvalue weighted by Crippen LogP contribution is -2.51. The molecular weight excluding hydrogens is 486 g/mol. The minimum atomic E-state index is -3.93. The Hall–Kier alpha value is -3.23. The van der Waals surface area contributed by atoms with Crippen LogP contribution < -0.4 is 5.32 Å². The van der Waals surface area contributed by atoms with Crippen LogP contribution in [0.5, 0.6) is 0 Å². The van der Waals surface area contributed by atoms with Crippen LogP contribution in [0.3, 0.4) is 0 Å². The molecule has 0 spiro atoms. The lowest BCUT2D eigenvalue weighted by Gasteiger charge is -2.32. The Morgan fingerprint density at radius 1 is 0.946 bits per heavy atom. The normalized spacial score (nSPS) is 12.5. The number of likely N-dealkylation sites (N-methyl/N-ethyl adjacent to an activating group) is 1. The van der Waals surface area contributed by atoms with Gasteiger partial charge in [0, 0.05) is 20.1 Å². The first-order valence-corrected chi connectivity index (χ1v) is 14.2. The number of carbonyl (C=O) groups excluding carboxylic acids is 2. The van der Waals surface area contributed by atoms with Crippen molar-refractivity contribution in [2.45, 2.75) is 57.5 Å². The molecule has 2 amide bonds. The highest BCUT2D eigenvalue weighted by molar-refractivity contribution is 7.89. The van der Waals surface area contributed by atoms with E-state index in [2.05, 4.69) is 5.32 Å². The Labute approximate surface area is 220 Å². The molecule has 3 rings (SSSR count). The highest BCUT2D eigenvalue weighted by Crippen LogP contribution is 2.22. The molecule has 0 saturated heterocycles. The van der Waals surface area contributed by atoms with Gasteiger partial charge in [0.2, 0.25) is 21.8 Å². The maximum Gasteiger partial charge on any atom is 0.243 e. The lowest BCUT2D eigenvalue weighted by molar-refractivity contribution is -0.141. The van der Waals surface area contributed by atoms with Crippen molar-refractivity contribution in [1.29, 1.82) is 0 Å². The molecule has 0 bridgehead atoms. The number of carbonyl (C=O) groups is 2. The van der Waals surface area contributed by atoms with Crippen molar-refractivity contribution in [2.24, 2.45) is 0 Å². The average Bonchev–Trinajstić information content (AvgIpc) is 2.89. The van der Waals surface area contributed by atoms with E-state index in [4.69, 9.17) is 0 Å². The Kier molecular flexibility index (Phi) is 9.83. The number of hydrogen-bond acceptors (Lipinski definition) is 4. The third kappa shape index (κ3) is 6.96. The van der Waals surface area contributed by atoms with E-state index in [0.717, 1.165) is 39.0 Å². The summed E-state index contributed by atoms with van der Waals surface area (Å²) >= 11 is 0. The highest BCUT2D eigenvalue weighted by Gasteiger charge is 2.32. The molecule has 0 heterocycles. The molecule has 3 aromatic carbocycles. The van der Waals surface area contributed by atoms with Crippen LogP contribution in [-0.2, 0) is 26.2 Å². The van der Waals surface area contributed by atoms with Crippen molar-refractivity contribution < 1.29 is 18.0 Å². The van der Waals surface area contributed by atoms with Gasteiger partial charge in [-0.15, -0.1) is 0 Å². The standard InChI is InChI=1S/C29H37N3O4S/c1-5-7-18-30-29(34)27(6-2)32(20-25-15-9-8-12-22(25)3)28(33)21-31(4)37(35,36)26-17-16-23-13-10-11-14-24(23)19-26/h8-17,19,27H,5-7,18,20-21H2,1-4H3,(H,30,34). The number of benzene rings is 3. The zero-order valence-corrected chi connectivity index (χ0v) is 22.9. The second kappa shape index (κ2) is 12.8. The van der Waals surface area contributed by atoms with E-state index in [1.807, 2.05) is 69.3 Å². The van der Waals surface area contributed by atoms with Crippen LogP contribution in [0, 0.1) is 6.92 Å². The summed E-state index contributed by atoms with van der Waals surface area (Å²) in [5.74, 6) is -0.648. The number of aryl methyl sites for hydroxylation is 1. The van der Waals surface area contributed by atoms with Gasteiger partial charge in [-0.25, -0.2) is 8.42 Å². The molecule has 0 radical (unpaired) electrons. The summed E-state index contributed by atoms with van der Waals surface area (Å²) in [5.41, 5.74) is 1.91. The van der Waals surface area contributed by atoms with Gasteiger partial charge < -0.3 is 10.2 Å². The van der Waals surface area contributed by atoms with Crippen molar-refractivity contribution in [2.75, 3.05) is 20.1 Å². The van der Waals surface area contributed by atoms with Crippen molar-refractivity contribution in [3.63, 3.8) is 0 Å². The summed E-state index contributed by atoms with van der Waals surface area (Å²) in [4.78, 5) is 28.3. The molecule has 37 heavy (non-hydrogen) atoms. The van der Waals surface area contributed by atoms with Crippen LogP contribution in [0.4, 0.5) is 0 Å². The van der Waals surface area contributed by atoms with E-state index in [9.17, 15) is 18.0 Å². The average molecular weight is 524 g/mol. The van der Waals surface area contributed by atoms with Gasteiger partial charge in [-0.2, -0.15) is 4.31 Å². The van der Waals surface area contributed by atoms with Gasteiger partial charge in [0.05, 0.1) is 11.4 Å². The molecule has 1 unspecified atom stereocenters. The predicted octanol–water partition coefficient (Wildman–Crippen LogP) is 4.49. The van der Waals surface area contributed by atoms with Gasteiger partial charge in [0.1, 0.15) is 6.04 Å². The van der Waals surface area contributed by atoms with Crippen LogP contribution in [0.2, 0.25) is 0 Å². The molecule has 7 nitrogen and oxygen atoms in total. The number of amides is 2. The zero-order chi connectivity index (χ0) is 27.0. The SMILES string of the molecule is CCCCNC(=O)C(CC)N(Cc1ccccc1C)C(=O)CN(C)S(=O)(=O)c1ccc2ccccc2c1. The summed E-state index contributed by atoms with van der Waals surface area (Å²) < 4.78 is 27.8. The van der Waals surface area contributed by atoms with Gasteiger partial charge >= 0.3 is 0 Å². The smallest absolute Gasteiger partial charge is 0.243 e. The zero-order valence-electron chi connectivity index (χ0n) is 22.1. The molecule has 1 N–H and O–H groups in total. The van der Waals surface area contributed by atoms with Gasteiger partial charge in [0.15, 0.2) is 0 Å². The topological polar surface area (TPSA) is 86.8 Å². The molecule has 0 aromatic heterocycles. The van der Waals surface area contributed by atoms with Crippen molar-refractivity contribution in [1.82, 2.24) is 14.5 Å². The minimum absolute atomic E-state index is 0.122. The van der Waals surface area contributed by atoms with E-state index in [1.165, 1.54) is 11.9 Å². The Bertz CT molecular complexity index is 1340. The predicted molar refractivity (Wildman–Crippen MR) is 147 cm³/mol. The van der Waals surface area contributed by atoms with Gasteiger partial charge in [-0.3, -0.25) is 9.59 Å². The third-order valence-electron chi connectivity index (χ3n) is 6.60. The molecular formula is C29H37N3O4S. The largest absolute Gasteiger partial charge is 0.354 e. The highest BCUT2D eigenvalue weighted by atomic mass is 32.2. The summed E-state index contributed by atoms with van der Waals surface area (Å²) in [6.45, 7) is 6.24. The molecule has 0 aliphatic carbocycles. The number of nitrogens with zero attached hydrogens (tertiary/aromatic N) is 2. The minimum Gasteiger partial charge on any atom is -0.354 e. The van der Waals surface area contributed by atoms with E-state index in [1.54, 1.807) is 18.2 Å². The summed E-state index contributed by atoms with van der Waals surface area (Å²) in [7, 11) is -2.53. The first-order chi connectivity index (χ1) is 17.7. The first kappa shape index (κ1) is 28.3. The summed E-state index contributed by atoms with van der Waals surface area (Å²) in [5, 5.41) is 4.67. The van der Waals surface area contributed by atoms with Gasteiger partial charge in [-0.1, -0.05) is 74.9 Å². The van der Waals surface area contributed by atoms with Gasteiger partial charge in [-0.05, 0) is 53.8 Å². The number of nitrogens with one attached hydrogen (secondary N) is 1. The van der Waals surface area contributed by atoms with Crippen LogP contribution in [0.15, 0.2) is 71.6 Å². The monoisotopic (exact) mass is 523 g/mol. The molecule has 198 valence electrons. The van der Waals surface area contributed by atoms with Crippen molar-refractivity contribution in [3.05, 3.63) is 77.9 Å². The fourth-order valence-electron chi connectivity index (χ4n) is 4.27. The lowest BCUT2D eigenvalue weighted by atomic mass is 10.1. The molecule has 0 aliphatic rings. The Balaban J connectivity index is 1.87. The summed E-state index contributed by atoms with van der Waals surface area (Å²) in [6.07, 6.45) is 2.21. The van der Waals surface area contributed by atoms with E-state index in [0.29, 0.717) is 13.0 Å². The molecule has 8 heteroatoms. The maximum atomic E-state index is 13.6. The van der Waals surface area contributed by atoms with Gasteiger partial charge in [0.25, 0.3) is 0 Å². The Morgan fingerprint density at radius 3 is 2.30 bits per heavy atom. The molecule has 3 aromatic rings. The van der Waals surface area contributed by atoms with E-state index >= 15 is 0 Å². The fraction of sp³-hybridized carbons (Fsp3) is 0.379. The van der Waals surface area contributed by atoms with Crippen molar-refractivity contribution in [3.8, 4) is 0 Å². The van der Waals surface area contributed by atoms with Crippen LogP contribution >= 0.6 is 0 Å². The fourth-order valence-corrected chi connectivity index (χ4v) is 5.43. The number of sulfonamides is 1.